The molecule has 7 heteroatoms. The maximum atomic E-state index is 4.00. The molecule has 4 aromatic heterocycles. The van der Waals surface area contributed by atoms with Crippen molar-refractivity contribution in [1.82, 2.24) is 34.9 Å². The monoisotopic (exact) mass is 267 g/mol. The highest BCUT2D eigenvalue weighted by Gasteiger charge is 1.90. The summed E-state index contributed by atoms with van der Waals surface area (Å²) in [5.41, 5.74) is 1.76. The van der Waals surface area contributed by atoms with Crippen LogP contribution in [-0.4, -0.2) is 34.9 Å². The smallest absolute Gasteiger partial charge is 0.177 e. The minimum atomic E-state index is 0.775. The van der Waals surface area contributed by atoms with Gasteiger partial charge in [0.2, 0.25) is 0 Å². The molecular weight excluding hydrogens is 254 g/mol. The molecule has 0 aliphatic carbocycles. The Morgan fingerprint density at radius 2 is 1.55 bits per heavy atom. The van der Waals surface area contributed by atoms with Crippen molar-refractivity contribution in [1.29, 1.82) is 0 Å². The van der Waals surface area contributed by atoms with Crippen molar-refractivity contribution in [2.45, 2.75) is 0 Å². The van der Waals surface area contributed by atoms with Gasteiger partial charge in [-0.15, -0.1) is 0 Å². The van der Waals surface area contributed by atoms with E-state index in [1.54, 1.807) is 56.0 Å². The molecule has 4 rings (SSSR count). The van der Waals surface area contributed by atoms with Gasteiger partial charge in [0.25, 0.3) is 0 Å². The summed E-state index contributed by atoms with van der Waals surface area (Å²) in [4.78, 5) is 24.8. The van der Waals surface area contributed by atoms with Crippen LogP contribution in [-0.2, 0) is 0 Å². The van der Waals surface area contributed by atoms with Crippen molar-refractivity contribution in [3.63, 3.8) is 0 Å². The first-order valence-electron chi connectivity index (χ1n) is 5.83. The molecule has 20 heavy (non-hydrogen) atoms. The zero-order valence-electron chi connectivity index (χ0n) is 10.6. The van der Waals surface area contributed by atoms with Crippen LogP contribution in [0.5, 0.6) is 0 Å². The normalized spacial score (nSPS) is 9.00. The Bertz CT molecular complexity index is 602. The number of nitrogens with zero attached hydrogens (tertiary/aromatic N) is 5. The predicted molar refractivity (Wildman–Crippen MR) is 74.5 cm³/mol. The van der Waals surface area contributed by atoms with Gasteiger partial charge in [-0.2, -0.15) is 0 Å². The number of pyridine rings is 1. The van der Waals surface area contributed by atoms with Gasteiger partial charge in [0.15, 0.2) is 5.65 Å². The number of aromatic amines is 2. The molecule has 0 aliphatic rings. The quantitative estimate of drug-likeness (QED) is 0.507. The molecule has 0 saturated carbocycles. The number of nitrogens with one attached hydrogen (secondary N) is 2. The Morgan fingerprint density at radius 3 is 2.05 bits per heavy atom. The van der Waals surface area contributed by atoms with Gasteiger partial charge in [0.1, 0.15) is 0 Å². The van der Waals surface area contributed by atoms with Crippen molar-refractivity contribution in [3.05, 3.63) is 68.2 Å². The molecule has 2 N–H and O–H groups in total. The van der Waals surface area contributed by atoms with Crippen LogP contribution in [0.15, 0.2) is 68.2 Å². The third-order valence-corrected chi connectivity index (χ3v) is 2.08. The molecular formula is C13H13N7. The van der Waals surface area contributed by atoms with E-state index in [0.717, 1.165) is 11.2 Å². The van der Waals surface area contributed by atoms with E-state index in [1.807, 2.05) is 12.1 Å². The number of fused-ring (bicyclic) bond motifs is 1. The van der Waals surface area contributed by atoms with Gasteiger partial charge in [0.05, 0.1) is 18.2 Å². The molecule has 4 aromatic rings. The van der Waals surface area contributed by atoms with Crippen LogP contribution >= 0.6 is 0 Å². The molecule has 0 saturated heterocycles. The van der Waals surface area contributed by atoms with Gasteiger partial charge >= 0.3 is 0 Å². The van der Waals surface area contributed by atoms with E-state index in [2.05, 4.69) is 34.9 Å². The first-order chi connectivity index (χ1) is 9.97. The zero-order chi connectivity index (χ0) is 13.9. The van der Waals surface area contributed by atoms with Gasteiger partial charge in [-0.1, -0.05) is 0 Å². The number of rotatable bonds is 0. The molecule has 0 bridgehead atoms. The zero-order valence-corrected chi connectivity index (χ0v) is 10.6. The number of aromatic nitrogens is 7. The van der Waals surface area contributed by atoms with Crippen LogP contribution in [0.2, 0.25) is 0 Å². The largest absolute Gasteiger partial charge is 0.351 e. The molecule has 0 amide bonds. The Hall–Kier alpha value is -3.09. The second kappa shape index (κ2) is 8.09. The SMILES string of the molecule is c1c[nH]cn1.c1cnc2nc[nH]c2c1.c1cnccn1. The number of imidazole rings is 2. The van der Waals surface area contributed by atoms with Gasteiger partial charge in [-0.3, -0.25) is 9.97 Å². The second-order valence-corrected chi connectivity index (χ2v) is 3.43. The van der Waals surface area contributed by atoms with Crippen LogP contribution in [0, 0.1) is 0 Å². The lowest BCUT2D eigenvalue weighted by Gasteiger charge is -1.80. The fourth-order valence-electron chi connectivity index (χ4n) is 1.24. The lowest BCUT2D eigenvalue weighted by molar-refractivity contribution is 1.20. The Kier molecular flexibility index (Phi) is 5.40. The van der Waals surface area contributed by atoms with E-state index >= 15 is 0 Å². The molecule has 4 heterocycles. The molecule has 0 radical (unpaired) electrons. The number of hydrogen-bond acceptors (Lipinski definition) is 5. The highest BCUT2D eigenvalue weighted by Crippen LogP contribution is 2.01. The van der Waals surface area contributed by atoms with E-state index in [-0.39, 0.29) is 0 Å². The Balaban J connectivity index is 0.000000117. The van der Waals surface area contributed by atoms with Crippen LogP contribution in [0.1, 0.15) is 0 Å². The summed E-state index contributed by atoms with van der Waals surface area (Å²) in [5, 5.41) is 0. The van der Waals surface area contributed by atoms with Gasteiger partial charge in [-0.05, 0) is 12.1 Å². The van der Waals surface area contributed by atoms with Crippen LogP contribution in [0.3, 0.4) is 0 Å². The van der Waals surface area contributed by atoms with Gasteiger partial charge < -0.3 is 9.97 Å². The lowest BCUT2D eigenvalue weighted by atomic mass is 10.4. The van der Waals surface area contributed by atoms with Crippen molar-refractivity contribution in [3.8, 4) is 0 Å². The standard InChI is InChI=1S/C6H5N3.C4H4N2.C3H4N2/c1-2-5-6(7-3-1)9-4-8-5;1-2-6-4-3-5-1;1-2-5-3-4-1/h1-4H,(H,7,8,9);1-4H;1-3H,(H,4,5). The summed E-state index contributed by atoms with van der Waals surface area (Å²) in [5.74, 6) is 0. The maximum absolute atomic E-state index is 4.00. The third-order valence-electron chi connectivity index (χ3n) is 2.08. The minimum Gasteiger partial charge on any atom is -0.351 e. The highest BCUT2D eigenvalue weighted by atomic mass is 14.9. The van der Waals surface area contributed by atoms with Crippen molar-refractivity contribution in [2.75, 3.05) is 0 Å². The summed E-state index contributed by atoms with van der Waals surface area (Å²) in [6, 6.07) is 3.82. The summed E-state index contributed by atoms with van der Waals surface area (Å²) < 4.78 is 0. The van der Waals surface area contributed by atoms with Gasteiger partial charge in [0, 0.05) is 43.4 Å². The van der Waals surface area contributed by atoms with Crippen molar-refractivity contribution >= 4 is 11.2 Å². The topological polar surface area (TPSA) is 96.0 Å². The first kappa shape index (κ1) is 13.3. The van der Waals surface area contributed by atoms with Crippen molar-refractivity contribution < 1.29 is 0 Å². The predicted octanol–water partition coefficient (Wildman–Crippen LogP) is 1.84. The fourth-order valence-corrected chi connectivity index (χ4v) is 1.24. The van der Waals surface area contributed by atoms with Crippen molar-refractivity contribution in [2.24, 2.45) is 0 Å². The lowest BCUT2D eigenvalue weighted by Crippen LogP contribution is -1.71. The number of H-pyrrole nitrogens is 2. The van der Waals surface area contributed by atoms with Gasteiger partial charge in [-0.25, -0.2) is 15.0 Å². The number of hydrogen-bond donors (Lipinski definition) is 2. The Morgan fingerprint density at radius 1 is 0.750 bits per heavy atom. The molecule has 0 fully saturated rings. The maximum Gasteiger partial charge on any atom is 0.177 e. The summed E-state index contributed by atoms with van der Waals surface area (Å²) in [6.07, 6.45) is 15.0. The Labute approximate surface area is 115 Å². The van der Waals surface area contributed by atoms with E-state index in [9.17, 15) is 0 Å². The molecule has 0 aliphatic heterocycles. The molecule has 100 valence electrons. The molecule has 0 unspecified atom stereocenters. The van der Waals surface area contributed by atoms with E-state index in [4.69, 9.17) is 0 Å². The minimum absolute atomic E-state index is 0.775. The average molecular weight is 267 g/mol. The summed E-state index contributed by atoms with van der Waals surface area (Å²) >= 11 is 0. The second-order valence-electron chi connectivity index (χ2n) is 3.43. The van der Waals surface area contributed by atoms with E-state index in [0.29, 0.717) is 0 Å². The molecule has 0 aromatic carbocycles. The first-order valence-corrected chi connectivity index (χ1v) is 5.83. The van der Waals surface area contributed by atoms with Crippen LogP contribution in [0.4, 0.5) is 0 Å². The highest BCUT2D eigenvalue weighted by molar-refractivity contribution is 5.68. The van der Waals surface area contributed by atoms with Crippen LogP contribution in [0.25, 0.3) is 11.2 Å². The van der Waals surface area contributed by atoms with E-state index in [1.165, 1.54) is 0 Å². The third kappa shape index (κ3) is 4.65. The molecule has 7 nitrogen and oxygen atoms in total. The van der Waals surface area contributed by atoms with E-state index < -0.39 is 0 Å². The average Bonchev–Trinajstić information content (AvgIpc) is 3.24. The summed E-state index contributed by atoms with van der Waals surface area (Å²) in [7, 11) is 0. The van der Waals surface area contributed by atoms with Crippen LogP contribution < -0.4 is 0 Å². The molecule has 0 spiro atoms. The summed E-state index contributed by atoms with van der Waals surface area (Å²) in [6.45, 7) is 0. The fraction of sp³-hybridized carbons (Fsp3) is 0. The molecule has 0 atom stereocenters.